The molecule has 0 amide bonds. The maximum absolute atomic E-state index is 5.50. The Hall–Kier alpha value is -3.85. The largest absolute Gasteiger partial charge is 0.497 e. The van der Waals surface area contributed by atoms with Gasteiger partial charge in [-0.2, -0.15) is 0 Å². The zero-order valence-electron chi connectivity index (χ0n) is 18.2. The molecule has 3 nitrogen and oxygen atoms in total. The normalized spacial score (nSPS) is 20.4. The van der Waals surface area contributed by atoms with Gasteiger partial charge in [0.15, 0.2) is 0 Å². The molecule has 0 radical (unpaired) electrons. The number of ether oxygens (including phenoxy) is 1. The van der Waals surface area contributed by atoms with Crippen LogP contribution in [0, 0.1) is 0 Å². The molecule has 0 saturated heterocycles. The Balaban J connectivity index is 1.59. The van der Waals surface area contributed by atoms with Crippen LogP contribution >= 0.6 is 0 Å². The fraction of sp³-hybridized carbons (Fsp3) is 0.138. The summed E-state index contributed by atoms with van der Waals surface area (Å²) in [5, 5.41) is 0. The summed E-state index contributed by atoms with van der Waals surface area (Å²) in [6.07, 6.45) is 8.37. The van der Waals surface area contributed by atoms with Crippen molar-refractivity contribution in [3.05, 3.63) is 114 Å². The molecule has 6 rings (SSSR count). The second kappa shape index (κ2) is 7.10. The fourth-order valence-corrected chi connectivity index (χ4v) is 5.31. The van der Waals surface area contributed by atoms with E-state index in [9.17, 15) is 0 Å². The molecule has 4 aromatic rings. The zero-order valence-corrected chi connectivity index (χ0v) is 18.2. The summed E-state index contributed by atoms with van der Waals surface area (Å²) in [6.45, 7) is 2.35. The highest BCUT2D eigenvalue weighted by atomic mass is 16.5. The average molecular weight is 417 g/mol. The first-order valence-corrected chi connectivity index (χ1v) is 11.0. The summed E-state index contributed by atoms with van der Waals surface area (Å²) in [5.74, 6) is 0.887. The van der Waals surface area contributed by atoms with Gasteiger partial charge in [-0.1, -0.05) is 54.6 Å². The second-order valence-electron chi connectivity index (χ2n) is 8.69. The SMILES string of the molecule is COc1ccc2c(c1)C=CC1(C)c3ccc(-c4cccnc4)cc3N(c3ccccc3)C21. The third-order valence-electron chi connectivity index (χ3n) is 6.89. The van der Waals surface area contributed by atoms with Gasteiger partial charge in [-0.05, 0) is 65.6 Å². The van der Waals surface area contributed by atoms with E-state index in [2.05, 4.69) is 102 Å². The molecule has 1 aromatic heterocycles. The number of hydrogen-bond acceptors (Lipinski definition) is 3. The van der Waals surface area contributed by atoms with Crippen molar-refractivity contribution in [2.75, 3.05) is 12.0 Å². The van der Waals surface area contributed by atoms with E-state index in [0.29, 0.717) is 0 Å². The van der Waals surface area contributed by atoms with Crippen molar-refractivity contribution in [3.8, 4) is 16.9 Å². The maximum atomic E-state index is 5.50. The van der Waals surface area contributed by atoms with Crippen LogP contribution in [0.3, 0.4) is 0 Å². The Bertz CT molecular complexity index is 1330. The third kappa shape index (κ3) is 2.71. The van der Waals surface area contributed by atoms with Gasteiger partial charge in [-0.15, -0.1) is 0 Å². The molecule has 2 unspecified atom stereocenters. The van der Waals surface area contributed by atoms with Gasteiger partial charge < -0.3 is 9.64 Å². The number of methoxy groups -OCH3 is 1. The monoisotopic (exact) mass is 416 g/mol. The van der Waals surface area contributed by atoms with Crippen LogP contribution in [0.2, 0.25) is 0 Å². The molecule has 2 atom stereocenters. The number of nitrogens with zero attached hydrogens (tertiary/aromatic N) is 2. The topological polar surface area (TPSA) is 25.4 Å². The van der Waals surface area contributed by atoms with Crippen LogP contribution in [-0.2, 0) is 5.41 Å². The molecule has 0 bridgehead atoms. The van der Waals surface area contributed by atoms with Gasteiger partial charge in [0.2, 0.25) is 0 Å². The predicted octanol–water partition coefficient (Wildman–Crippen LogP) is 6.93. The first kappa shape index (κ1) is 18.9. The minimum absolute atomic E-state index is 0.139. The van der Waals surface area contributed by atoms with E-state index in [1.807, 2.05) is 18.5 Å². The quantitative estimate of drug-likeness (QED) is 0.362. The first-order valence-electron chi connectivity index (χ1n) is 11.0. The van der Waals surface area contributed by atoms with Crippen LogP contribution in [0.25, 0.3) is 17.2 Å². The van der Waals surface area contributed by atoms with E-state index < -0.39 is 0 Å². The highest BCUT2D eigenvalue weighted by molar-refractivity contribution is 5.83. The highest BCUT2D eigenvalue weighted by Crippen LogP contribution is 2.59. The molecule has 0 saturated carbocycles. The molecular weight excluding hydrogens is 392 g/mol. The van der Waals surface area contributed by atoms with Gasteiger partial charge in [-0.3, -0.25) is 4.98 Å². The van der Waals surface area contributed by atoms with E-state index >= 15 is 0 Å². The molecule has 156 valence electrons. The van der Waals surface area contributed by atoms with Crippen LogP contribution in [-0.4, -0.2) is 12.1 Å². The molecule has 0 spiro atoms. The van der Waals surface area contributed by atoms with Crippen molar-refractivity contribution in [2.45, 2.75) is 18.4 Å². The number of fused-ring (bicyclic) bond motifs is 5. The van der Waals surface area contributed by atoms with Gasteiger partial charge >= 0.3 is 0 Å². The summed E-state index contributed by atoms with van der Waals surface area (Å²) < 4.78 is 5.50. The van der Waals surface area contributed by atoms with Crippen molar-refractivity contribution in [1.29, 1.82) is 0 Å². The molecule has 0 fully saturated rings. The molecule has 0 N–H and O–H groups in total. The Morgan fingerprint density at radius 1 is 0.906 bits per heavy atom. The number of anilines is 2. The molecule has 32 heavy (non-hydrogen) atoms. The van der Waals surface area contributed by atoms with Crippen molar-refractivity contribution in [1.82, 2.24) is 4.98 Å². The van der Waals surface area contributed by atoms with Gasteiger partial charge in [0.25, 0.3) is 0 Å². The Morgan fingerprint density at radius 3 is 2.56 bits per heavy atom. The minimum atomic E-state index is -0.139. The number of rotatable bonds is 3. The van der Waals surface area contributed by atoms with Crippen LogP contribution in [0.1, 0.15) is 29.7 Å². The van der Waals surface area contributed by atoms with E-state index in [-0.39, 0.29) is 11.5 Å². The maximum Gasteiger partial charge on any atom is 0.119 e. The van der Waals surface area contributed by atoms with Crippen LogP contribution in [0.4, 0.5) is 11.4 Å². The minimum Gasteiger partial charge on any atom is -0.497 e. The molecule has 1 aliphatic heterocycles. The lowest BCUT2D eigenvalue weighted by molar-refractivity contribution is 0.413. The molecule has 1 aliphatic carbocycles. The number of pyridine rings is 1. The van der Waals surface area contributed by atoms with E-state index in [4.69, 9.17) is 4.74 Å². The van der Waals surface area contributed by atoms with Gasteiger partial charge in [-0.25, -0.2) is 0 Å². The summed E-state index contributed by atoms with van der Waals surface area (Å²) in [6, 6.07) is 28.3. The van der Waals surface area contributed by atoms with Gasteiger partial charge in [0, 0.05) is 34.7 Å². The molecule has 2 aliphatic rings. The lowest BCUT2D eigenvalue weighted by atomic mass is 9.71. The van der Waals surface area contributed by atoms with Gasteiger partial charge in [0.1, 0.15) is 5.75 Å². The van der Waals surface area contributed by atoms with Crippen LogP contribution < -0.4 is 9.64 Å². The number of aromatic nitrogens is 1. The van der Waals surface area contributed by atoms with Crippen molar-refractivity contribution >= 4 is 17.5 Å². The Morgan fingerprint density at radius 2 is 1.78 bits per heavy atom. The zero-order chi connectivity index (χ0) is 21.7. The lowest BCUT2D eigenvalue weighted by Gasteiger charge is -2.39. The highest BCUT2D eigenvalue weighted by Gasteiger charge is 2.49. The molecular formula is C29H24N2O. The summed E-state index contributed by atoms with van der Waals surface area (Å²) in [5.41, 5.74) is 8.49. The smallest absolute Gasteiger partial charge is 0.119 e. The molecule has 2 heterocycles. The number of para-hydroxylation sites is 1. The Labute approximate surface area is 188 Å². The number of hydrogen-bond donors (Lipinski definition) is 0. The first-order chi connectivity index (χ1) is 15.7. The van der Waals surface area contributed by atoms with E-state index in [1.54, 1.807) is 7.11 Å². The summed E-state index contributed by atoms with van der Waals surface area (Å²) in [4.78, 5) is 6.83. The predicted molar refractivity (Wildman–Crippen MR) is 130 cm³/mol. The van der Waals surface area contributed by atoms with Gasteiger partial charge in [0.05, 0.1) is 13.2 Å². The summed E-state index contributed by atoms with van der Waals surface area (Å²) in [7, 11) is 1.72. The summed E-state index contributed by atoms with van der Waals surface area (Å²) >= 11 is 0. The van der Waals surface area contributed by atoms with Crippen LogP contribution in [0.15, 0.2) is 97.3 Å². The fourth-order valence-electron chi connectivity index (χ4n) is 5.31. The van der Waals surface area contributed by atoms with Crippen molar-refractivity contribution in [3.63, 3.8) is 0 Å². The molecule has 3 heteroatoms. The number of benzene rings is 3. The van der Waals surface area contributed by atoms with Crippen molar-refractivity contribution in [2.24, 2.45) is 0 Å². The standard InChI is InChI=1S/C29H24N2O/c1-29-15-14-21-17-24(32-2)11-12-25(21)28(29)31(23-8-4-3-5-9-23)27-18-20(10-13-26(27)29)22-7-6-16-30-19-22/h3-19,28H,1-2H3. The van der Waals surface area contributed by atoms with Crippen molar-refractivity contribution < 1.29 is 4.74 Å². The Kier molecular flexibility index (Phi) is 4.19. The van der Waals surface area contributed by atoms with E-state index in [1.165, 1.54) is 33.6 Å². The lowest BCUT2D eigenvalue weighted by Crippen LogP contribution is -2.34. The third-order valence-corrected chi connectivity index (χ3v) is 6.89. The molecule has 3 aromatic carbocycles. The average Bonchev–Trinajstić information content (AvgIpc) is 3.13. The van der Waals surface area contributed by atoms with Crippen LogP contribution in [0.5, 0.6) is 5.75 Å². The second-order valence-corrected chi connectivity index (χ2v) is 8.69. The van der Waals surface area contributed by atoms with E-state index in [0.717, 1.165) is 11.3 Å².